The molecule has 0 spiro atoms. The van der Waals surface area contributed by atoms with Gasteiger partial charge in [-0.3, -0.25) is 4.79 Å². The molecule has 7 nitrogen and oxygen atoms in total. The lowest BCUT2D eigenvalue weighted by Crippen LogP contribution is -2.30. The standard InChI is InChI=1S/C22H28F3N5O.C2H6.CHN/c1-14(28-13-22(23,24)25)15-7-9-17(10-8-15)30-20(26)19-18(11-12-27-21(19)31)29-16-5-3-2-4-6-16;2*1-2/h7-12,14,16,28H,2-6,13H2,1H3,(H2,26,30)(H2,27,29,31);1-2H3;1H/t14-;;/m1../s1. The molecule has 1 heterocycles. The summed E-state index contributed by atoms with van der Waals surface area (Å²) in [7, 11) is 0. The Kier molecular flexibility index (Phi) is 12.6. The zero-order valence-corrected chi connectivity index (χ0v) is 20.5. The van der Waals surface area contributed by atoms with Gasteiger partial charge in [0.25, 0.3) is 5.56 Å². The average molecular weight is 493 g/mol. The predicted molar refractivity (Wildman–Crippen MR) is 135 cm³/mol. The summed E-state index contributed by atoms with van der Waals surface area (Å²) in [6.07, 6.45) is 2.94. The number of amidine groups is 1. The maximum Gasteiger partial charge on any atom is 0.401 e. The van der Waals surface area contributed by atoms with E-state index in [-0.39, 0.29) is 17.0 Å². The Morgan fingerprint density at radius 2 is 1.77 bits per heavy atom. The topological polar surface area (TPSA) is 119 Å². The average Bonchev–Trinajstić information content (AvgIpc) is 2.86. The lowest BCUT2D eigenvalue weighted by molar-refractivity contribution is -0.126. The third kappa shape index (κ3) is 9.83. The number of benzene rings is 1. The molecule has 1 saturated carbocycles. The van der Waals surface area contributed by atoms with Gasteiger partial charge in [0.15, 0.2) is 0 Å². The first-order chi connectivity index (χ1) is 16.7. The number of aromatic amines is 1. The van der Waals surface area contributed by atoms with E-state index in [1.54, 1.807) is 43.5 Å². The van der Waals surface area contributed by atoms with E-state index in [2.05, 4.69) is 27.2 Å². The SMILES string of the molecule is C#N.CC.C[C@@H](NCC(F)(F)F)c1ccc(N=C(N)c2c(NC3CCCCC3)cc[nH]c2=O)cc1. The van der Waals surface area contributed by atoms with Gasteiger partial charge in [-0.15, -0.1) is 0 Å². The number of nitrogens with zero attached hydrogens (tertiary/aromatic N) is 2. The van der Waals surface area contributed by atoms with Gasteiger partial charge in [-0.05, 0) is 43.5 Å². The van der Waals surface area contributed by atoms with Gasteiger partial charge in [0, 0.05) is 24.9 Å². The number of aliphatic imine (C=N–C) groups is 1. The summed E-state index contributed by atoms with van der Waals surface area (Å²) in [5.74, 6) is 0.0798. The van der Waals surface area contributed by atoms with Crippen molar-refractivity contribution in [2.75, 3.05) is 11.9 Å². The Bertz CT molecular complexity index is 993. The van der Waals surface area contributed by atoms with Crippen LogP contribution in [0.15, 0.2) is 46.3 Å². The van der Waals surface area contributed by atoms with Crippen LogP contribution >= 0.6 is 0 Å². The van der Waals surface area contributed by atoms with E-state index in [9.17, 15) is 18.0 Å². The first-order valence-corrected chi connectivity index (χ1v) is 11.7. The summed E-state index contributed by atoms with van der Waals surface area (Å²) in [4.78, 5) is 19.5. The molecule has 1 atom stereocenters. The Morgan fingerprint density at radius 1 is 1.17 bits per heavy atom. The number of hydrogen-bond donors (Lipinski definition) is 4. The van der Waals surface area contributed by atoms with Gasteiger partial charge in [0.05, 0.1) is 17.9 Å². The fourth-order valence-corrected chi connectivity index (χ4v) is 3.74. The first-order valence-electron chi connectivity index (χ1n) is 11.7. The number of nitrogens with two attached hydrogens (primary N) is 1. The molecule has 1 aromatic heterocycles. The number of pyridine rings is 1. The molecule has 1 fully saturated rings. The second kappa shape index (κ2) is 14.8. The monoisotopic (exact) mass is 492 g/mol. The van der Waals surface area contributed by atoms with E-state index in [0.29, 0.717) is 23.0 Å². The maximum absolute atomic E-state index is 12.5. The molecule has 1 aromatic carbocycles. The Labute approximate surface area is 204 Å². The molecule has 1 aliphatic carbocycles. The van der Waals surface area contributed by atoms with E-state index in [1.807, 2.05) is 13.8 Å². The second-order valence-electron chi connectivity index (χ2n) is 7.88. The van der Waals surface area contributed by atoms with Crippen molar-refractivity contribution in [1.82, 2.24) is 10.3 Å². The molecule has 2 aromatic rings. The molecule has 0 aliphatic heterocycles. The van der Waals surface area contributed by atoms with Crippen molar-refractivity contribution in [3.05, 3.63) is 58.0 Å². The minimum Gasteiger partial charge on any atom is -0.383 e. The molecule has 0 amide bonds. The van der Waals surface area contributed by atoms with Crippen LogP contribution in [0.4, 0.5) is 24.5 Å². The van der Waals surface area contributed by atoms with Crippen molar-refractivity contribution in [1.29, 1.82) is 5.26 Å². The van der Waals surface area contributed by atoms with Crippen molar-refractivity contribution in [3.8, 4) is 6.57 Å². The van der Waals surface area contributed by atoms with Crippen LogP contribution in [-0.2, 0) is 0 Å². The molecule has 0 unspecified atom stereocenters. The highest BCUT2D eigenvalue weighted by molar-refractivity contribution is 6.03. The molecular weight excluding hydrogens is 457 g/mol. The molecule has 5 N–H and O–H groups in total. The second-order valence-corrected chi connectivity index (χ2v) is 7.88. The van der Waals surface area contributed by atoms with Crippen LogP contribution in [0, 0.1) is 11.8 Å². The Hall–Kier alpha value is -3.32. The molecule has 1 aliphatic rings. The van der Waals surface area contributed by atoms with Crippen LogP contribution in [0.2, 0.25) is 0 Å². The number of rotatable bonds is 7. The number of nitriles is 1. The largest absolute Gasteiger partial charge is 0.401 e. The van der Waals surface area contributed by atoms with E-state index >= 15 is 0 Å². The number of hydrogen-bond acceptors (Lipinski definition) is 5. The molecule has 35 heavy (non-hydrogen) atoms. The highest BCUT2D eigenvalue weighted by atomic mass is 19.4. The highest BCUT2D eigenvalue weighted by Gasteiger charge is 2.27. The van der Waals surface area contributed by atoms with Crippen LogP contribution in [0.5, 0.6) is 0 Å². The lowest BCUT2D eigenvalue weighted by atomic mass is 9.95. The smallest absolute Gasteiger partial charge is 0.383 e. The van der Waals surface area contributed by atoms with Crippen molar-refractivity contribution in [2.45, 2.75) is 71.1 Å². The normalized spacial score (nSPS) is 15.1. The van der Waals surface area contributed by atoms with Gasteiger partial charge in [0.1, 0.15) is 11.4 Å². The van der Waals surface area contributed by atoms with Gasteiger partial charge in [-0.1, -0.05) is 45.2 Å². The Morgan fingerprint density at radius 3 is 2.34 bits per heavy atom. The van der Waals surface area contributed by atoms with Crippen LogP contribution in [0.25, 0.3) is 0 Å². The fourth-order valence-electron chi connectivity index (χ4n) is 3.74. The van der Waals surface area contributed by atoms with Crippen molar-refractivity contribution >= 4 is 17.2 Å². The zero-order chi connectivity index (χ0) is 26.4. The predicted octanol–water partition coefficient (Wildman–Crippen LogP) is 5.54. The third-order valence-corrected chi connectivity index (χ3v) is 5.43. The van der Waals surface area contributed by atoms with Gasteiger partial charge in [-0.25, -0.2) is 10.3 Å². The third-order valence-electron chi connectivity index (χ3n) is 5.43. The molecule has 10 heteroatoms. The van der Waals surface area contributed by atoms with E-state index in [1.165, 1.54) is 6.42 Å². The van der Waals surface area contributed by atoms with Crippen molar-refractivity contribution in [2.24, 2.45) is 10.7 Å². The summed E-state index contributed by atoms with van der Waals surface area (Å²) in [6, 6.07) is 8.32. The van der Waals surface area contributed by atoms with Gasteiger partial charge < -0.3 is 21.4 Å². The van der Waals surface area contributed by atoms with Crippen molar-refractivity contribution < 1.29 is 13.2 Å². The summed E-state index contributed by atoms with van der Waals surface area (Å²) < 4.78 is 37.2. The van der Waals surface area contributed by atoms with Gasteiger partial charge in [0.2, 0.25) is 0 Å². The first kappa shape index (κ1) is 29.7. The fraction of sp³-hybridized carbons (Fsp3) is 0.480. The van der Waals surface area contributed by atoms with Crippen LogP contribution < -0.4 is 21.9 Å². The zero-order valence-electron chi connectivity index (χ0n) is 20.5. The minimum absolute atomic E-state index is 0.0798. The number of halogens is 3. The molecular formula is C25H35F3N6O. The van der Waals surface area contributed by atoms with E-state index in [4.69, 9.17) is 11.0 Å². The van der Waals surface area contributed by atoms with Crippen molar-refractivity contribution in [3.63, 3.8) is 0 Å². The summed E-state index contributed by atoms with van der Waals surface area (Å²) in [6.45, 7) is 8.10. The van der Waals surface area contributed by atoms with Gasteiger partial charge >= 0.3 is 6.18 Å². The summed E-state index contributed by atoms with van der Waals surface area (Å²) in [5, 5.41) is 12.4. The Balaban J connectivity index is 0.00000145. The molecule has 0 radical (unpaired) electrons. The van der Waals surface area contributed by atoms with Gasteiger partial charge in [-0.2, -0.15) is 13.2 Å². The molecule has 3 rings (SSSR count). The number of nitrogens with one attached hydrogen (secondary N) is 3. The summed E-state index contributed by atoms with van der Waals surface area (Å²) in [5.41, 5.74) is 7.99. The van der Waals surface area contributed by atoms with E-state index in [0.717, 1.165) is 25.7 Å². The number of H-pyrrole nitrogens is 1. The van der Waals surface area contributed by atoms with Crippen LogP contribution in [-0.4, -0.2) is 29.6 Å². The molecule has 192 valence electrons. The number of aromatic nitrogens is 1. The van der Waals surface area contributed by atoms with E-state index < -0.39 is 18.8 Å². The molecule has 0 bridgehead atoms. The minimum atomic E-state index is -4.26. The van der Waals surface area contributed by atoms with Crippen LogP contribution in [0.3, 0.4) is 0 Å². The maximum atomic E-state index is 12.5. The quantitative estimate of drug-likeness (QED) is 0.299. The highest BCUT2D eigenvalue weighted by Crippen LogP contribution is 2.24. The summed E-state index contributed by atoms with van der Waals surface area (Å²) >= 11 is 0. The molecule has 0 saturated heterocycles. The number of alkyl halides is 3. The lowest BCUT2D eigenvalue weighted by Gasteiger charge is -2.24. The number of anilines is 1. The van der Waals surface area contributed by atoms with Crippen LogP contribution in [0.1, 0.15) is 70.0 Å².